The van der Waals surface area contributed by atoms with Crippen molar-refractivity contribution in [2.75, 3.05) is 0 Å². The summed E-state index contributed by atoms with van der Waals surface area (Å²) in [5, 5.41) is 8.70. The van der Waals surface area contributed by atoms with Crippen LogP contribution in [-0.4, -0.2) is 15.0 Å². The highest BCUT2D eigenvalue weighted by Gasteiger charge is 2.16. The maximum Gasteiger partial charge on any atom is 0.164 e. The van der Waals surface area contributed by atoms with E-state index in [0.29, 0.717) is 17.5 Å². The molecule has 0 unspecified atom stereocenters. The van der Waals surface area contributed by atoms with Crippen LogP contribution in [-0.2, 0) is 0 Å². The molecule has 4 heteroatoms. The summed E-state index contributed by atoms with van der Waals surface area (Å²) in [5.41, 5.74) is 8.59. The van der Waals surface area contributed by atoms with Crippen LogP contribution in [0.1, 0.15) is 0 Å². The van der Waals surface area contributed by atoms with Crippen molar-refractivity contribution in [2.24, 2.45) is 0 Å². The van der Waals surface area contributed by atoms with Crippen LogP contribution in [0.2, 0.25) is 0 Å². The van der Waals surface area contributed by atoms with E-state index in [2.05, 4.69) is 194 Å². The fourth-order valence-corrected chi connectivity index (χ4v) is 9.14. The van der Waals surface area contributed by atoms with Gasteiger partial charge in [-0.1, -0.05) is 170 Å². The lowest BCUT2D eigenvalue weighted by atomic mass is 9.89. The number of hydrogen-bond donors (Lipinski definition) is 0. The molecule has 0 atom stereocenters. The third-order valence-electron chi connectivity index (χ3n) is 10.9. The second-order valence-corrected chi connectivity index (χ2v) is 15.5. The summed E-state index contributed by atoms with van der Waals surface area (Å²) >= 11 is 1.80. The van der Waals surface area contributed by atoms with Crippen LogP contribution in [0.25, 0.3) is 109 Å². The molecule has 0 aliphatic rings. The van der Waals surface area contributed by atoms with Gasteiger partial charge in [0.25, 0.3) is 0 Å². The first kappa shape index (κ1) is 33.1. The highest BCUT2D eigenvalue weighted by molar-refractivity contribution is 7.22. The zero-order valence-corrected chi connectivity index (χ0v) is 31.6. The standard InChI is InChI=1S/C53H33N3S/c1-2-12-34(13-3-1)38-17-10-19-42(30-38)52-54-51(55-53(56-52)43-20-11-18-40(31-43)49-33-41-16-6-9-23-48(41)57-49)37-26-24-36(25-27-37)50-45-22-8-5-15-39(45)32-47-44-21-7-4-14-35(44)28-29-46(47)50/h1-33H. The van der Waals surface area contributed by atoms with Gasteiger partial charge in [-0.15, -0.1) is 11.3 Å². The Morgan fingerprint density at radius 1 is 0.281 bits per heavy atom. The Balaban J connectivity index is 1.06. The van der Waals surface area contributed by atoms with Gasteiger partial charge in [-0.3, -0.25) is 0 Å². The fraction of sp³-hybridized carbons (Fsp3) is 0. The van der Waals surface area contributed by atoms with Gasteiger partial charge in [-0.2, -0.15) is 0 Å². The minimum Gasteiger partial charge on any atom is -0.208 e. The first-order valence-electron chi connectivity index (χ1n) is 19.2. The lowest BCUT2D eigenvalue weighted by molar-refractivity contribution is 1.07. The van der Waals surface area contributed by atoms with Crippen molar-refractivity contribution in [1.29, 1.82) is 0 Å². The molecule has 11 rings (SSSR count). The third kappa shape index (κ3) is 6.04. The van der Waals surface area contributed by atoms with Gasteiger partial charge in [0.1, 0.15) is 0 Å². The Morgan fingerprint density at radius 2 is 0.842 bits per heavy atom. The van der Waals surface area contributed by atoms with Crippen LogP contribution in [0, 0.1) is 0 Å². The number of fused-ring (bicyclic) bond motifs is 5. The minimum atomic E-state index is 0.632. The number of hydrogen-bond acceptors (Lipinski definition) is 4. The van der Waals surface area contributed by atoms with Crippen molar-refractivity contribution in [3.8, 4) is 66.9 Å². The summed E-state index contributed by atoms with van der Waals surface area (Å²) < 4.78 is 1.27. The van der Waals surface area contributed by atoms with Crippen molar-refractivity contribution >= 4 is 53.7 Å². The molecule has 0 aliphatic heterocycles. The second-order valence-electron chi connectivity index (χ2n) is 14.4. The van der Waals surface area contributed by atoms with E-state index in [4.69, 9.17) is 15.0 Å². The van der Waals surface area contributed by atoms with Crippen LogP contribution in [0.5, 0.6) is 0 Å². The van der Waals surface area contributed by atoms with E-state index in [1.807, 2.05) is 6.07 Å². The molecule has 0 spiro atoms. The first-order chi connectivity index (χ1) is 28.2. The van der Waals surface area contributed by atoms with Gasteiger partial charge in [0.05, 0.1) is 0 Å². The van der Waals surface area contributed by atoms with Gasteiger partial charge in [0.15, 0.2) is 17.5 Å². The van der Waals surface area contributed by atoms with Gasteiger partial charge in [-0.25, -0.2) is 15.0 Å². The molecule has 0 N–H and O–H groups in total. The van der Waals surface area contributed by atoms with Crippen molar-refractivity contribution in [3.63, 3.8) is 0 Å². The van der Waals surface area contributed by atoms with Crippen molar-refractivity contribution < 1.29 is 0 Å². The number of aromatic nitrogens is 3. The zero-order valence-electron chi connectivity index (χ0n) is 30.8. The molecule has 0 saturated heterocycles. The van der Waals surface area contributed by atoms with Crippen LogP contribution >= 0.6 is 11.3 Å². The minimum absolute atomic E-state index is 0.632. The zero-order chi connectivity index (χ0) is 37.7. The predicted octanol–water partition coefficient (Wildman–Crippen LogP) is 14.5. The van der Waals surface area contributed by atoms with E-state index in [9.17, 15) is 0 Å². The molecule has 3 nitrogen and oxygen atoms in total. The number of nitrogens with zero attached hydrogens (tertiary/aromatic N) is 3. The molecule has 0 amide bonds. The van der Waals surface area contributed by atoms with Gasteiger partial charge in [0, 0.05) is 26.3 Å². The highest BCUT2D eigenvalue weighted by atomic mass is 32.1. The monoisotopic (exact) mass is 743 g/mol. The summed E-state index contributed by atoms with van der Waals surface area (Å²) in [7, 11) is 0. The average molecular weight is 744 g/mol. The van der Waals surface area contributed by atoms with Crippen LogP contribution < -0.4 is 0 Å². The maximum absolute atomic E-state index is 5.18. The van der Waals surface area contributed by atoms with Crippen molar-refractivity contribution in [2.45, 2.75) is 0 Å². The molecule has 0 saturated carbocycles. The number of benzene rings is 9. The Kier molecular flexibility index (Phi) is 8.01. The van der Waals surface area contributed by atoms with E-state index >= 15 is 0 Å². The van der Waals surface area contributed by atoms with Crippen LogP contribution in [0.15, 0.2) is 200 Å². The molecule has 266 valence electrons. The molecule has 0 fully saturated rings. The van der Waals surface area contributed by atoms with Crippen molar-refractivity contribution in [1.82, 2.24) is 15.0 Å². The van der Waals surface area contributed by atoms with Crippen LogP contribution in [0.3, 0.4) is 0 Å². The lowest BCUT2D eigenvalue weighted by Crippen LogP contribution is -2.00. The van der Waals surface area contributed by atoms with E-state index in [1.54, 1.807) is 11.3 Å². The van der Waals surface area contributed by atoms with Crippen molar-refractivity contribution in [3.05, 3.63) is 200 Å². The van der Waals surface area contributed by atoms with Gasteiger partial charge < -0.3 is 0 Å². The molecule has 0 radical (unpaired) electrons. The van der Waals surface area contributed by atoms with Gasteiger partial charge in [0.2, 0.25) is 0 Å². The molecule has 0 bridgehead atoms. The molecule has 9 aromatic carbocycles. The normalized spacial score (nSPS) is 11.5. The average Bonchev–Trinajstić information content (AvgIpc) is 3.73. The second kappa shape index (κ2) is 13.8. The Hall–Kier alpha value is -7.27. The smallest absolute Gasteiger partial charge is 0.164 e. The quantitative estimate of drug-likeness (QED) is 0.126. The predicted molar refractivity (Wildman–Crippen MR) is 240 cm³/mol. The SMILES string of the molecule is c1ccc(-c2cccc(-c3nc(-c4ccc(-c5c6ccccc6cc6c5ccc5ccccc56)cc4)nc(-c4cccc(-c5cc6ccccc6s5)c4)n3)c2)cc1. The number of thiophene rings is 1. The van der Waals surface area contributed by atoms with E-state index < -0.39 is 0 Å². The molecule has 11 aromatic rings. The molecular formula is C53H33N3S. The topological polar surface area (TPSA) is 38.7 Å². The summed E-state index contributed by atoms with van der Waals surface area (Å²) in [5.74, 6) is 1.91. The summed E-state index contributed by atoms with van der Waals surface area (Å²) in [6.45, 7) is 0. The summed E-state index contributed by atoms with van der Waals surface area (Å²) in [6, 6.07) is 71.2. The number of rotatable bonds is 6. The Morgan fingerprint density at radius 3 is 1.60 bits per heavy atom. The fourth-order valence-electron chi connectivity index (χ4n) is 8.08. The Bertz CT molecular complexity index is 3260. The maximum atomic E-state index is 5.18. The highest BCUT2D eigenvalue weighted by Crippen LogP contribution is 2.40. The summed E-state index contributed by atoms with van der Waals surface area (Å²) in [6.07, 6.45) is 0. The van der Waals surface area contributed by atoms with E-state index in [-0.39, 0.29) is 0 Å². The molecule has 0 aliphatic carbocycles. The third-order valence-corrected chi connectivity index (χ3v) is 12.1. The van der Waals surface area contributed by atoms with Crippen LogP contribution in [0.4, 0.5) is 0 Å². The van der Waals surface area contributed by atoms with Gasteiger partial charge in [-0.05, 0) is 95.9 Å². The largest absolute Gasteiger partial charge is 0.208 e. The lowest BCUT2D eigenvalue weighted by Gasteiger charge is -2.14. The van der Waals surface area contributed by atoms with E-state index in [1.165, 1.54) is 52.8 Å². The molecule has 57 heavy (non-hydrogen) atoms. The molecule has 2 heterocycles. The molecular weight excluding hydrogens is 711 g/mol. The van der Waals surface area contributed by atoms with Gasteiger partial charge >= 0.3 is 0 Å². The Labute approximate surface area is 334 Å². The first-order valence-corrected chi connectivity index (χ1v) is 20.0. The molecule has 2 aromatic heterocycles. The summed E-state index contributed by atoms with van der Waals surface area (Å²) in [4.78, 5) is 16.7. The van der Waals surface area contributed by atoms with E-state index in [0.717, 1.165) is 38.9 Å².